The molecule has 0 spiro atoms. The molecule has 1 N–H and O–H groups in total. The fraction of sp³-hybridized carbons (Fsp3) is 0.778. The van der Waals surface area contributed by atoms with Gasteiger partial charge in [-0.25, -0.2) is 0 Å². The van der Waals surface area contributed by atoms with E-state index < -0.39 is 0 Å². The predicted molar refractivity (Wildman–Crippen MR) is 45.6 cm³/mol. The number of hydrogen-bond acceptors (Lipinski definition) is 0. The highest BCUT2D eigenvalue weighted by Gasteiger charge is 1.85. The molecule has 0 heterocycles. The normalized spacial score (nSPS) is 10.9. The van der Waals surface area contributed by atoms with Crippen LogP contribution in [0.4, 0.5) is 0 Å². The standard InChI is InChI=1S/C9H18N/c1-2-3-4-5-6-7-8-9-10/h8-10H,2-7H2,1H3/b9-8+. The molecule has 0 aromatic carbocycles. The van der Waals surface area contributed by atoms with Gasteiger partial charge in [-0.3, -0.25) is 0 Å². The maximum Gasteiger partial charge on any atom is 0.0137 e. The first kappa shape index (κ1) is 9.54. The minimum absolute atomic E-state index is 1.09. The average Bonchev–Trinajstić information content (AvgIpc) is 1.97. The minimum Gasteiger partial charge on any atom is -0.309 e. The van der Waals surface area contributed by atoms with Gasteiger partial charge in [0.1, 0.15) is 0 Å². The zero-order valence-electron chi connectivity index (χ0n) is 6.90. The van der Waals surface area contributed by atoms with Gasteiger partial charge in [-0.05, 0) is 12.8 Å². The highest BCUT2D eigenvalue weighted by atomic mass is 14.5. The number of nitrogens with one attached hydrogen (secondary N) is 1. The zero-order chi connectivity index (χ0) is 7.66. The molecule has 10 heavy (non-hydrogen) atoms. The Kier molecular flexibility index (Phi) is 8.15. The van der Waals surface area contributed by atoms with E-state index in [0.717, 1.165) is 6.42 Å². The smallest absolute Gasteiger partial charge is 0.0137 e. The SMILES string of the molecule is CCCCCCC/C=C/[NH]. The van der Waals surface area contributed by atoms with Crippen molar-refractivity contribution in [2.45, 2.75) is 45.4 Å². The third-order valence-corrected chi connectivity index (χ3v) is 1.59. The first-order valence-corrected chi connectivity index (χ1v) is 4.24. The molecule has 0 aliphatic carbocycles. The summed E-state index contributed by atoms with van der Waals surface area (Å²) in [5, 5.41) is 0. The molecule has 0 aliphatic rings. The third kappa shape index (κ3) is 7.54. The Morgan fingerprint density at radius 3 is 2.40 bits per heavy atom. The lowest BCUT2D eigenvalue weighted by atomic mass is 10.1. The lowest BCUT2D eigenvalue weighted by Gasteiger charge is -1.94. The molecule has 0 atom stereocenters. The van der Waals surface area contributed by atoms with Gasteiger partial charge in [0.15, 0.2) is 0 Å². The summed E-state index contributed by atoms with van der Waals surface area (Å²) in [4.78, 5) is 0. The summed E-state index contributed by atoms with van der Waals surface area (Å²) in [6.45, 7) is 2.23. The number of unbranched alkanes of at least 4 members (excludes halogenated alkanes) is 5. The molecule has 0 aromatic rings. The number of hydrogen-bond donors (Lipinski definition) is 0. The number of rotatable bonds is 6. The van der Waals surface area contributed by atoms with Crippen LogP contribution in [0.3, 0.4) is 0 Å². The van der Waals surface area contributed by atoms with Crippen molar-refractivity contribution in [3.05, 3.63) is 12.3 Å². The van der Waals surface area contributed by atoms with E-state index in [2.05, 4.69) is 6.92 Å². The Morgan fingerprint density at radius 2 is 1.80 bits per heavy atom. The average molecular weight is 140 g/mol. The van der Waals surface area contributed by atoms with E-state index in [4.69, 9.17) is 5.73 Å². The van der Waals surface area contributed by atoms with Crippen molar-refractivity contribution in [2.75, 3.05) is 0 Å². The van der Waals surface area contributed by atoms with Crippen LogP contribution >= 0.6 is 0 Å². The van der Waals surface area contributed by atoms with Crippen LogP contribution in [0.2, 0.25) is 0 Å². The van der Waals surface area contributed by atoms with Gasteiger partial charge in [-0.2, -0.15) is 0 Å². The van der Waals surface area contributed by atoms with Gasteiger partial charge in [0.2, 0.25) is 0 Å². The van der Waals surface area contributed by atoms with E-state index in [1.807, 2.05) is 6.08 Å². The lowest BCUT2D eigenvalue weighted by Crippen LogP contribution is -1.75. The molecule has 0 amide bonds. The maximum absolute atomic E-state index is 6.74. The summed E-state index contributed by atoms with van der Waals surface area (Å²) in [5.74, 6) is 0. The molecule has 0 bridgehead atoms. The van der Waals surface area contributed by atoms with E-state index in [1.165, 1.54) is 38.3 Å². The fourth-order valence-corrected chi connectivity index (χ4v) is 0.949. The molecule has 0 fully saturated rings. The Bertz CT molecular complexity index is 76.8. The molecule has 0 saturated heterocycles. The van der Waals surface area contributed by atoms with Crippen molar-refractivity contribution >= 4 is 0 Å². The summed E-state index contributed by atoms with van der Waals surface area (Å²) >= 11 is 0. The van der Waals surface area contributed by atoms with Crippen LogP contribution in [0.15, 0.2) is 12.3 Å². The molecule has 0 aliphatic heterocycles. The topological polar surface area (TPSA) is 23.8 Å². The summed E-state index contributed by atoms with van der Waals surface area (Å²) in [6.07, 6.45) is 11.0. The quantitative estimate of drug-likeness (QED) is 0.506. The third-order valence-electron chi connectivity index (χ3n) is 1.59. The minimum atomic E-state index is 1.09. The van der Waals surface area contributed by atoms with Crippen molar-refractivity contribution in [3.63, 3.8) is 0 Å². The monoisotopic (exact) mass is 140 g/mol. The molecule has 0 rings (SSSR count). The highest BCUT2D eigenvalue weighted by Crippen LogP contribution is 2.04. The zero-order valence-corrected chi connectivity index (χ0v) is 6.90. The van der Waals surface area contributed by atoms with Crippen molar-refractivity contribution in [3.8, 4) is 0 Å². The van der Waals surface area contributed by atoms with Gasteiger partial charge < -0.3 is 5.73 Å². The van der Waals surface area contributed by atoms with E-state index in [0.29, 0.717) is 0 Å². The summed E-state index contributed by atoms with van der Waals surface area (Å²) in [6, 6.07) is 0. The van der Waals surface area contributed by atoms with E-state index >= 15 is 0 Å². The Labute approximate surface area is 64.3 Å². The van der Waals surface area contributed by atoms with Gasteiger partial charge >= 0.3 is 0 Å². The summed E-state index contributed by atoms with van der Waals surface area (Å²) < 4.78 is 0. The molecule has 1 heteroatoms. The molecule has 0 unspecified atom stereocenters. The largest absolute Gasteiger partial charge is 0.309 e. The Balaban J connectivity index is 2.77. The van der Waals surface area contributed by atoms with E-state index in [9.17, 15) is 0 Å². The van der Waals surface area contributed by atoms with Gasteiger partial charge in [-0.15, -0.1) is 0 Å². The molecule has 1 radical (unpaired) electrons. The van der Waals surface area contributed by atoms with Crippen molar-refractivity contribution in [1.29, 1.82) is 0 Å². The van der Waals surface area contributed by atoms with Crippen LogP contribution in [-0.4, -0.2) is 0 Å². The fourth-order valence-electron chi connectivity index (χ4n) is 0.949. The molecule has 0 saturated carbocycles. The second-order valence-corrected chi connectivity index (χ2v) is 2.61. The summed E-state index contributed by atoms with van der Waals surface area (Å²) in [5.41, 5.74) is 6.74. The second-order valence-electron chi connectivity index (χ2n) is 2.61. The molecular weight excluding hydrogens is 122 g/mol. The van der Waals surface area contributed by atoms with Crippen LogP contribution in [0, 0.1) is 0 Å². The molecule has 0 aromatic heterocycles. The van der Waals surface area contributed by atoms with Crippen LogP contribution in [0.5, 0.6) is 0 Å². The first-order valence-electron chi connectivity index (χ1n) is 4.24. The Morgan fingerprint density at radius 1 is 1.10 bits per heavy atom. The molecule has 59 valence electrons. The van der Waals surface area contributed by atoms with Crippen molar-refractivity contribution in [2.24, 2.45) is 0 Å². The van der Waals surface area contributed by atoms with Gasteiger partial charge in [0.25, 0.3) is 0 Å². The molecular formula is C9H18N. The van der Waals surface area contributed by atoms with Gasteiger partial charge in [-0.1, -0.05) is 38.7 Å². The Hall–Kier alpha value is -0.460. The van der Waals surface area contributed by atoms with Crippen LogP contribution in [0.1, 0.15) is 45.4 Å². The van der Waals surface area contributed by atoms with Crippen LogP contribution in [-0.2, 0) is 0 Å². The molecule has 1 nitrogen and oxygen atoms in total. The lowest BCUT2D eigenvalue weighted by molar-refractivity contribution is 0.637. The van der Waals surface area contributed by atoms with Crippen molar-refractivity contribution in [1.82, 2.24) is 5.73 Å². The van der Waals surface area contributed by atoms with Crippen LogP contribution < -0.4 is 5.73 Å². The predicted octanol–water partition coefficient (Wildman–Crippen LogP) is 3.14. The van der Waals surface area contributed by atoms with Crippen molar-refractivity contribution < 1.29 is 0 Å². The van der Waals surface area contributed by atoms with E-state index in [-0.39, 0.29) is 0 Å². The highest BCUT2D eigenvalue weighted by molar-refractivity contribution is 4.74. The first-order chi connectivity index (χ1) is 4.91. The van der Waals surface area contributed by atoms with Crippen LogP contribution in [0.25, 0.3) is 0 Å². The van der Waals surface area contributed by atoms with Gasteiger partial charge in [0, 0.05) is 6.20 Å². The van der Waals surface area contributed by atoms with E-state index in [1.54, 1.807) is 0 Å². The maximum atomic E-state index is 6.74. The second kappa shape index (κ2) is 8.54. The van der Waals surface area contributed by atoms with Gasteiger partial charge in [0.05, 0.1) is 0 Å². The number of allylic oxidation sites excluding steroid dienone is 1. The summed E-state index contributed by atoms with van der Waals surface area (Å²) in [7, 11) is 0.